The summed E-state index contributed by atoms with van der Waals surface area (Å²) >= 11 is 0. The number of rotatable bonds is 17. The van der Waals surface area contributed by atoms with Crippen LogP contribution in [0.4, 0.5) is 0 Å². The van der Waals surface area contributed by atoms with Gasteiger partial charge in [-0.1, -0.05) is 97.3 Å². The zero-order valence-corrected chi connectivity index (χ0v) is 21.1. The van der Waals surface area contributed by atoms with Gasteiger partial charge < -0.3 is 15.9 Å². The smallest absolute Gasteiger partial charge is 0.396 e. The first kappa shape index (κ1) is 34.4. The first-order valence-electron chi connectivity index (χ1n) is 11.6. The van der Waals surface area contributed by atoms with E-state index in [1.54, 1.807) is 6.92 Å². The fourth-order valence-electron chi connectivity index (χ4n) is 2.37. The molecule has 0 amide bonds. The van der Waals surface area contributed by atoms with Gasteiger partial charge in [-0.3, -0.25) is 8.37 Å². The van der Waals surface area contributed by atoms with Crippen LogP contribution in [-0.2, 0) is 18.8 Å². The lowest BCUT2D eigenvalue weighted by molar-refractivity contribution is 0.0632. The van der Waals surface area contributed by atoms with Gasteiger partial charge in [-0.05, 0) is 19.8 Å². The maximum atomic E-state index is 9.92. The van der Waals surface area contributed by atoms with Crippen molar-refractivity contribution in [1.29, 1.82) is 0 Å². The Kier molecular flexibility index (Phi) is 28.7. The Balaban J connectivity index is -0.000000459. The molecule has 7 nitrogen and oxygen atoms in total. The molecule has 8 heteroatoms. The second kappa shape index (κ2) is 25.0. The minimum atomic E-state index is -3.66. The van der Waals surface area contributed by atoms with E-state index in [1.807, 2.05) is 6.92 Å². The average Bonchev–Trinajstić information content (AvgIpc) is 2.72. The lowest BCUT2D eigenvalue weighted by Gasteiger charge is -2.11. The van der Waals surface area contributed by atoms with E-state index in [2.05, 4.69) is 15.3 Å². The largest absolute Gasteiger partial charge is 0.399 e. The predicted molar refractivity (Wildman–Crippen MR) is 125 cm³/mol. The Bertz CT molecular complexity index is 386. The third-order valence-corrected chi connectivity index (χ3v) is 5.45. The molecule has 4 N–H and O–H groups in total. The molecule has 1 unspecified atom stereocenters. The minimum Gasteiger partial charge on any atom is -0.396 e. The van der Waals surface area contributed by atoms with E-state index < -0.39 is 16.1 Å². The fourth-order valence-corrected chi connectivity index (χ4v) is 2.51. The highest BCUT2D eigenvalue weighted by atomic mass is 32.3. The van der Waals surface area contributed by atoms with E-state index in [-0.39, 0.29) is 0 Å². The normalized spacial score (nSPS) is 12.9. The number of hydrogen-bond donors (Lipinski definition) is 3. The molecule has 0 spiro atoms. The number of unbranched alkanes of at least 4 members (excludes halogenated alkanes) is 13. The monoisotopic (exact) mass is 457 g/mol. The van der Waals surface area contributed by atoms with E-state index >= 15 is 0 Å². The van der Waals surface area contributed by atoms with E-state index in [0.717, 1.165) is 20.6 Å². The molecule has 0 aliphatic heterocycles. The highest BCUT2D eigenvalue weighted by Gasteiger charge is 2.06. The van der Waals surface area contributed by atoms with Crippen LogP contribution in [0.15, 0.2) is 0 Å². The van der Waals surface area contributed by atoms with Gasteiger partial charge in [0.1, 0.15) is 5.72 Å². The van der Waals surface area contributed by atoms with Gasteiger partial charge in [-0.15, -0.1) is 0 Å². The van der Waals surface area contributed by atoms with Crippen molar-refractivity contribution in [3.05, 3.63) is 0 Å². The highest BCUT2D eigenvalue weighted by Crippen LogP contribution is 2.12. The summed E-state index contributed by atoms with van der Waals surface area (Å²) in [7, 11) is -1.60. The average molecular weight is 458 g/mol. The number of nitrogens with two attached hydrogens (primary N) is 1. The second-order valence-electron chi connectivity index (χ2n) is 7.77. The summed E-state index contributed by atoms with van der Waals surface area (Å²) < 4.78 is 27.5. The van der Waals surface area contributed by atoms with Crippen molar-refractivity contribution >= 4 is 10.4 Å². The van der Waals surface area contributed by atoms with Crippen LogP contribution in [0.3, 0.4) is 0 Å². The van der Waals surface area contributed by atoms with Gasteiger partial charge in [0.2, 0.25) is 0 Å². The van der Waals surface area contributed by atoms with Gasteiger partial charge >= 0.3 is 10.4 Å². The van der Waals surface area contributed by atoms with Crippen LogP contribution in [0.2, 0.25) is 0 Å². The summed E-state index contributed by atoms with van der Waals surface area (Å²) in [6.07, 6.45) is 19.8. The number of aliphatic hydroxyl groups excluding tert-OH is 1. The highest BCUT2D eigenvalue weighted by molar-refractivity contribution is 7.81. The van der Waals surface area contributed by atoms with Gasteiger partial charge in [-0.2, -0.15) is 8.42 Å². The number of hydrogen-bond acceptors (Lipinski definition) is 7. The SMILES string of the molecule is CCC(C)(N)O.CCCCCCCCCCCCCCCCO.COS(=O)(=O)OC. The first-order valence-corrected chi connectivity index (χ1v) is 12.9. The van der Waals surface area contributed by atoms with Gasteiger partial charge in [0, 0.05) is 6.61 Å². The molecule has 0 rings (SSSR count). The molecule has 0 aromatic rings. The van der Waals surface area contributed by atoms with E-state index in [4.69, 9.17) is 15.9 Å². The molecule has 0 aromatic heterocycles. The summed E-state index contributed by atoms with van der Waals surface area (Å²) in [6, 6.07) is 0. The molecular formula is C22H51NO6S. The fraction of sp³-hybridized carbons (Fsp3) is 1.00. The molecule has 186 valence electrons. The van der Waals surface area contributed by atoms with Crippen LogP contribution in [0.25, 0.3) is 0 Å². The van der Waals surface area contributed by atoms with Gasteiger partial charge in [0.25, 0.3) is 0 Å². The maximum absolute atomic E-state index is 9.92. The third-order valence-electron chi connectivity index (χ3n) is 4.64. The molecule has 0 bridgehead atoms. The Morgan fingerprint density at radius 2 is 1.00 bits per heavy atom. The van der Waals surface area contributed by atoms with Crippen molar-refractivity contribution in [2.24, 2.45) is 5.73 Å². The second-order valence-corrected chi connectivity index (χ2v) is 9.26. The van der Waals surface area contributed by atoms with Crippen LogP contribution >= 0.6 is 0 Å². The first-order chi connectivity index (χ1) is 14.1. The van der Waals surface area contributed by atoms with Crippen molar-refractivity contribution in [3.63, 3.8) is 0 Å². The molecule has 0 aromatic carbocycles. The van der Waals surface area contributed by atoms with Crippen LogP contribution in [-0.4, -0.2) is 45.2 Å². The van der Waals surface area contributed by atoms with Crippen molar-refractivity contribution in [3.8, 4) is 0 Å². The summed E-state index contributed by atoms with van der Waals surface area (Å²) in [4.78, 5) is 0. The Hall–Kier alpha value is -0.250. The van der Waals surface area contributed by atoms with E-state index in [1.165, 1.54) is 83.5 Å². The Labute approximate surface area is 187 Å². The topological polar surface area (TPSA) is 119 Å². The predicted octanol–water partition coefficient (Wildman–Crippen LogP) is 5.05. The van der Waals surface area contributed by atoms with E-state index in [9.17, 15) is 8.42 Å². The van der Waals surface area contributed by atoms with Gasteiger partial charge in [-0.25, -0.2) is 0 Å². The number of aliphatic hydroxyl groups is 2. The summed E-state index contributed by atoms with van der Waals surface area (Å²) in [5, 5.41) is 17.2. The van der Waals surface area contributed by atoms with Crippen LogP contribution in [0.5, 0.6) is 0 Å². The summed E-state index contributed by atoms with van der Waals surface area (Å²) in [5.41, 5.74) is 4.13. The Morgan fingerprint density at radius 1 is 0.733 bits per heavy atom. The zero-order chi connectivity index (χ0) is 23.7. The van der Waals surface area contributed by atoms with Crippen molar-refractivity contribution in [2.45, 2.75) is 123 Å². The summed E-state index contributed by atoms with van der Waals surface area (Å²) in [5.74, 6) is 0. The molecule has 0 saturated heterocycles. The molecular weight excluding hydrogens is 406 g/mol. The molecule has 0 radical (unpaired) electrons. The van der Waals surface area contributed by atoms with E-state index in [0.29, 0.717) is 13.0 Å². The van der Waals surface area contributed by atoms with Crippen LogP contribution in [0.1, 0.15) is 117 Å². The molecule has 0 aliphatic carbocycles. The zero-order valence-electron chi connectivity index (χ0n) is 20.3. The van der Waals surface area contributed by atoms with Crippen molar-refractivity contribution in [2.75, 3.05) is 20.8 Å². The Morgan fingerprint density at radius 3 is 1.17 bits per heavy atom. The molecule has 0 saturated carbocycles. The van der Waals surface area contributed by atoms with Gasteiger partial charge in [0.15, 0.2) is 0 Å². The van der Waals surface area contributed by atoms with Crippen LogP contribution < -0.4 is 5.73 Å². The quantitative estimate of drug-likeness (QED) is 0.206. The minimum absolute atomic E-state index is 0.373. The van der Waals surface area contributed by atoms with Crippen molar-refractivity contribution in [1.82, 2.24) is 0 Å². The lowest BCUT2D eigenvalue weighted by atomic mass is 10.0. The molecule has 0 aliphatic rings. The third kappa shape index (κ3) is 38.4. The molecule has 0 heterocycles. The van der Waals surface area contributed by atoms with Gasteiger partial charge in [0.05, 0.1) is 14.2 Å². The molecule has 30 heavy (non-hydrogen) atoms. The standard InChI is InChI=1S/C16H34O.C4H11NO.C2H6O4S/c1-2-3-4-5-6-7-8-9-10-11-12-13-14-15-16-17;1-3-4(2,5)6;1-5-7(3,4)6-2/h17H,2-16H2,1H3;6H,3,5H2,1-2H3;1-2H3. The van der Waals surface area contributed by atoms with Crippen molar-refractivity contribution < 1.29 is 27.0 Å². The van der Waals surface area contributed by atoms with Crippen LogP contribution in [0, 0.1) is 0 Å². The molecule has 1 atom stereocenters. The molecule has 0 fully saturated rings. The lowest BCUT2D eigenvalue weighted by Crippen LogP contribution is -2.34. The summed E-state index contributed by atoms with van der Waals surface area (Å²) in [6.45, 7) is 6.06. The maximum Gasteiger partial charge on any atom is 0.399 e.